The molecule has 1 fully saturated rings. The van der Waals surface area contributed by atoms with E-state index in [4.69, 9.17) is 15.2 Å². The van der Waals surface area contributed by atoms with Gasteiger partial charge < -0.3 is 25.4 Å². The Labute approximate surface area is 212 Å². The molecule has 36 heavy (non-hydrogen) atoms. The zero-order chi connectivity index (χ0) is 25.9. The SMILES string of the molecule is CN=C(C=CN)c1cc(NC(=O)COc2cccc(C)c2)ccc1OCCN1CCN(C(C)=O)CC1. The highest BCUT2D eigenvalue weighted by atomic mass is 16.5. The van der Waals surface area contributed by atoms with E-state index < -0.39 is 0 Å². The quantitative estimate of drug-likeness (QED) is 0.492. The van der Waals surface area contributed by atoms with Gasteiger partial charge in [-0.05, 0) is 55.1 Å². The highest BCUT2D eigenvalue weighted by molar-refractivity contribution is 6.11. The van der Waals surface area contributed by atoms with Crippen molar-refractivity contribution in [3.8, 4) is 11.5 Å². The summed E-state index contributed by atoms with van der Waals surface area (Å²) in [6, 6.07) is 13.0. The maximum absolute atomic E-state index is 12.5. The molecule has 2 aromatic carbocycles. The lowest BCUT2D eigenvalue weighted by Crippen LogP contribution is -2.48. The van der Waals surface area contributed by atoms with Gasteiger partial charge in [-0.1, -0.05) is 12.1 Å². The second-order valence-electron chi connectivity index (χ2n) is 8.53. The smallest absolute Gasteiger partial charge is 0.262 e. The van der Waals surface area contributed by atoms with Crippen LogP contribution in [0.1, 0.15) is 18.1 Å². The number of rotatable bonds is 10. The molecule has 192 valence electrons. The summed E-state index contributed by atoms with van der Waals surface area (Å²) < 4.78 is 11.7. The number of nitrogens with zero attached hydrogens (tertiary/aromatic N) is 3. The highest BCUT2D eigenvalue weighted by Gasteiger charge is 2.18. The second-order valence-corrected chi connectivity index (χ2v) is 8.53. The van der Waals surface area contributed by atoms with Crippen molar-refractivity contribution in [2.24, 2.45) is 10.7 Å². The average Bonchev–Trinajstić information content (AvgIpc) is 2.87. The van der Waals surface area contributed by atoms with Gasteiger partial charge in [0.2, 0.25) is 5.91 Å². The molecule has 0 aliphatic carbocycles. The first-order chi connectivity index (χ1) is 17.4. The van der Waals surface area contributed by atoms with Gasteiger partial charge in [-0.2, -0.15) is 0 Å². The van der Waals surface area contributed by atoms with E-state index in [1.54, 1.807) is 26.1 Å². The van der Waals surface area contributed by atoms with E-state index in [0.29, 0.717) is 29.5 Å². The van der Waals surface area contributed by atoms with Gasteiger partial charge >= 0.3 is 0 Å². The van der Waals surface area contributed by atoms with E-state index in [1.807, 2.05) is 48.2 Å². The number of nitrogens with one attached hydrogen (secondary N) is 1. The third kappa shape index (κ3) is 7.84. The standard InChI is InChI=1S/C27H35N5O4/c1-20-5-4-6-23(17-20)36-19-27(34)30-22-7-8-26(24(18-22)25(29-3)9-10-28)35-16-15-31-11-13-32(14-12-31)21(2)33/h4-10,17-18H,11-16,19,28H2,1-3H3,(H,30,34). The van der Waals surface area contributed by atoms with Crippen LogP contribution in [0.4, 0.5) is 5.69 Å². The summed E-state index contributed by atoms with van der Waals surface area (Å²) in [6.45, 7) is 7.80. The predicted molar refractivity (Wildman–Crippen MR) is 142 cm³/mol. The fraction of sp³-hybridized carbons (Fsp3) is 0.370. The molecule has 3 rings (SSSR count). The molecule has 0 bridgehead atoms. The predicted octanol–water partition coefficient (Wildman–Crippen LogP) is 2.45. The summed E-state index contributed by atoms with van der Waals surface area (Å²) in [5, 5.41) is 2.87. The monoisotopic (exact) mass is 493 g/mol. The van der Waals surface area contributed by atoms with Gasteiger partial charge in [0, 0.05) is 57.9 Å². The van der Waals surface area contributed by atoms with Crippen LogP contribution in [0.5, 0.6) is 11.5 Å². The molecule has 9 heteroatoms. The van der Waals surface area contributed by atoms with Gasteiger partial charge in [-0.3, -0.25) is 19.5 Å². The van der Waals surface area contributed by atoms with Crippen LogP contribution in [-0.4, -0.2) is 80.3 Å². The van der Waals surface area contributed by atoms with E-state index in [0.717, 1.165) is 43.9 Å². The van der Waals surface area contributed by atoms with Gasteiger partial charge in [0.05, 0.1) is 5.71 Å². The van der Waals surface area contributed by atoms with Crippen LogP contribution in [0.2, 0.25) is 0 Å². The number of benzene rings is 2. The maximum atomic E-state index is 12.5. The summed E-state index contributed by atoms with van der Waals surface area (Å²) in [5.41, 5.74) is 8.64. The van der Waals surface area contributed by atoms with Crippen LogP contribution in [0.25, 0.3) is 0 Å². The molecule has 0 radical (unpaired) electrons. The lowest BCUT2D eigenvalue weighted by atomic mass is 10.1. The van der Waals surface area contributed by atoms with E-state index in [9.17, 15) is 9.59 Å². The van der Waals surface area contributed by atoms with Crippen molar-refractivity contribution in [1.82, 2.24) is 9.80 Å². The fourth-order valence-electron chi connectivity index (χ4n) is 3.93. The van der Waals surface area contributed by atoms with Crippen molar-refractivity contribution < 1.29 is 19.1 Å². The molecular weight excluding hydrogens is 458 g/mol. The molecule has 3 N–H and O–H groups in total. The molecule has 9 nitrogen and oxygen atoms in total. The van der Waals surface area contributed by atoms with E-state index in [1.165, 1.54) is 6.20 Å². The summed E-state index contributed by atoms with van der Waals surface area (Å²) in [6.07, 6.45) is 3.11. The molecular formula is C27H35N5O4. The van der Waals surface area contributed by atoms with Crippen molar-refractivity contribution in [3.63, 3.8) is 0 Å². The number of aliphatic imine (C=N–C) groups is 1. The van der Waals surface area contributed by atoms with Crippen molar-refractivity contribution in [2.75, 3.05) is 58.3 Å². The van der Waals surface area contributed by atoms with Crippen LogP contribution in [-0.2, 0) is 9.59 Å². The van der Waals surface area contributed by atoms with Crippen LogP contribution in [0.3, 0.4) is 0 Å². The largest absolute Gasteiger partial charge is 0.492 e. The summed E-state index contributed by atoms with van der Waals surface area (Å²) in [7, 11) is 1.68. The minimum atomic E-state index is -0.273. The third-order valence-electron chi connectivity index (χ3n) is 5.88. The first-order valence-corrected chi connectivity index (χ1v) is 12.0. The van der Waals surface area contributed by atoms with Crippen LogP contribution >= 0.6 is 0 Å². The van der Waals surface area contributed by atoms with Gasteiger partial charge in [-0.25, -0.2) is 0 Å². The van der Waals surface area contributed by atoms with Crippen molar-refractivity contribution in [2.45, 2.75) is 13.8 Å². The molecule has 0 spiro atoms. The van der Waals surface area contributed by atoms with Crippen molar-refractivity contribution >= 4 is 23.2 Å². The number of nitrogens with two attached hydrogens (primary N) is 1. The average molecular weight is 494 g/mol. The normalized spacial score (nSPS) is 14.6. The Balaban J connectivity index is 1.62. The van der Waals surface area contributed by atoms with E-state index >= 15 is 0 Å². The lowest BCUT2D eigenvalue weighted by Gasteiger charge is -2.34. The zero-order valence-electron chi connectivity index (χ0n) is 21.2. The van der Waals surface area contributed by atoms with Gasteiger partial charge in [0.1, 0.15) is 18.1 Å². The minimum absolute atomic E-state index is 0.106. The van der Waals surface area contributed by atoms with Crippen LogP contribution in [0, 0.1) is 6.92 Å². The Morgan fingerprint density at radius 3 is 2.56 bits per heavy atom. The number of hydrogen-bond donors (Lipinski definition) is 2. The molecule has 1 heterocycles. The summed E-state index contributed by atoms with van der Waals surface area (Å²) in [5.74, 6) is 1.13. The third-order valence-corrected chi connectivity index (χ3v) is 5.88. The van der Waals surface area contributed by atoms with Gasteiger partial charge in [0.25, 0.3) is 5.91 Å². The molecule has 0 unspecified atom stereocenters. The summed E-state index contributed by atoms with van der Waals surface area (Å²) >= 11 is 0. The molecule has 2 amide bonds. The van der Waals surface area contributed by atoms with Crippen LogP contribution < -0.4 is 20.5 Å². The molecule has 0 atom stereocenters. The van der Waals surface area contributed by atoms with Gasteiger partial charge in [0.15, 0.2) is 6.61 Å². The first-order valence-electron chi connectivity index (χ1n) is 12.0. The van der Waals surface area contributed by atoms with E-state index in [-0.39, 0.29) is 18.4 Å². The number of aryl methyl sites for hydroxylation is 1. The van der Waals surface area contributed by atoms with Crippen LogP contribution in [0.15, 0.2) is 59.7 Å². The number of hydrogen-bond acceptors (Lipinski definition) is 7. The number of anilines is 1. The highest BCUT2D eigenvalue weighted by Crippen LogP contribution is 2.25. The molecule has 1 saturated heterocycles. The number of ether oxygens (including phenoxy) is 2. The Hall–Kier alpha value is -3.85. The maximum Gasteiger partial charge on any atom is 0.262 e. The molecule has 0 saturated carbocycles. The molecule has 1 aliphatic rings. The van der Waals surface area contributed by atoms with E-state index in [2.05, 4.69) is 15.2 Å². The number of allylic oxidation sites excluding steroid dienone is 1. The van der Waals surface area contributed by atoms with Crippen molar-refractivity contribution in [1.29, 1.82) is 0 Å². The molecule has 0 aromatic heterocycles. The Morgan fingerprint density at radius 2 is 1.89 bits per heavy atom. The molecule has 2 aromatic rings. The minimum Gasteiger partial charge on any atom is -0.492 e. The Bertz CT molecular complexity index is 1110. The zero-order valence-corrected chi connectivity index (χ0v) is 21.2. The number of piperazine rings is 1. The fourth-order valence-corrected chi connectivity index (χ4v) is 3.93. The molecule has 1 aliphatic heterocycles. The number of carbonyl (C=O) groups is 2. The number of carbonyl (C=O) groups excluding carboxylic acids is 2. The Morgan fingerprint density at radius 1 is 1.11 bits per heavy atom. The second kappa shape index (κ2) is 13.3. The van der Waals surface area contributed by atoms with Gasteiger partial charge in [-0.15, -0.1) is 0 Å². The summed E-state index contributed by atoms with van der Waals surface area (Å²) in [4.78, 5) is 32.5. The number of amides is 2. The first kappa shape index (κ1) is 26.7. The topological polar surface area (TPSA) is 109 Å². The van der Waals surface area contributed by atoms with Crippen molar-refractivity contribution in [3.05, 3.63) is 65.9 Å². The lowest BCUT2D eigenvalue weighted by molar-refractivity contribution is -0.130. The Kier molecular flexibility index (Phi) is 9.88.